The molecule has 1 saturated carbocycles. The summed E-state index contributed by atoms with van der Waals surface area (Å²) in [4.78, 5) is 2.68. The van der Waals surface area contributed by atoms with E-state index in [1.54, 1.807) is 7.11 Å². The van der Waals surface area contributed by atoms with Crippen molar-refractivity contribution in [1.29, 1.82) is 0 Å². The SMILES string of the molecule is COc1ccc2c3c(n(C)c2c1)[C@H](CO)NCC31CCN(CC2CC2)CC1. The summed E-state index contributed by atoms with van der Waals surface area (Å²) >= 11 is 0. The largest absolute Gasteiger partial charge is 0.497 e. The lowest BCUT2D eigenvalue weighted by atomic mass is 9.69. The Morgan fingerprint density at radius 2 is 2.04 bits per heavy atom. The lowest BCUT2D eigenvalue weighted by Gasteiger charge is -2.46. The first-order chi connectivity index (χ1) is 13.1. The number of nitrogens with one attached hydrogen (secondary N) is 1. The monoisotopic (exact) mass is 369 g/mol. The number of rotatable bonds is 4. The summed E-state index contributed by atoms with van der Waals surface area (Å²) in [6.45, 7) is 4.77. The average molecular weight is 370 g/mol. The molecule has 146 valence electrons. The highest BCUT2D eigenvalue weighted by molar-refractivity contribution is 5.88. The molecule has 5 heteroatoms. The van der Waals surface area contributed by atoms with Crippen molar-refractivity contribution in [2.45, 2.75) is 37.1 Å². The van der Waals surface area contributed by atoms with Crippen LogP contribution >= 0.6 is 0 Å². The normalized spacial score (nSPS) is 25.1. The Kier molecular flexibility index (Phi) is 4.22. The van der Waals surface area contributed by atoms with Crippen LogP contribution in [0.1, 0.15) is 43.0 Å². The van der Waals surface area contributed by atoms with Gasteiger partial charge in [0.25, 0.3) is 0 Å². The molecule has 5 rings (SSSR count). The van der Waals surface area contributed by atoms with Gasteiger partial charge in [-0.15, -0.1) is 0 Å². The van der Waals surface area contributed by atoms with Crippen LogP contribution in [0.15, 0.2) is 18.2 Å². The number of nitrogens with zero attached hydrogens (tertiary/aromatic N) is 2. The number of aromatic nitrogens is 1. The maximum Gasteiger partial charge on any atom is 0.120 e. The van der Waals surface area contributed by atoms with Crippen LogP contribution in [0.3, 0.4) is 0 Å². The summed E-state index contributed by atoms with van der Waals surface area (Å²) in [5, 5.41) is 15.0. The minimum Gasteiger partial charge on any atom is -0.497 e. The Hall–Kier alpha value is -1.56. The van der Waals surface area contributed by atoms with Crippen LogP contribution in [-0.4, -0.2) is 54.5 Å². The molecule has 5 nitrogen and oxygen atoms in total. The van der Waals surface area contributed by atoms with Gasteiger partial charge in [-0.25, -0.2) is 0 Å². The fourth-order valence-electron chi connectivity index (χ4n) is 5.44. The second-order valence-electron chi connectivity index (χ2n) is 8.84. The van der Waals surface area contributed by atoms with Gasteiger partial charge in [-0.3, -0.25) is 0 Å². The van der Waals surface area contributed by atoms with Gasteiger partial charge in [-0.05, 0) is 62.4 Å². The fraction of sp³-hybridized carbons (Fsp3) is 0.636. The van der Waals surface area contributed by atoms with E-state index in [0.29, 0.717) is 0 Å². The van der Waals surface area contributed by atoms with Crippen LogP contribution in [0.4, 0.5) is 0 Å². The summed E-state index contributed by atoms with van der Waals surface area (Å²) in [6, 6.07) is 6.45. The van der Waals surface area contributed by atoms with Gasteiger partial charge in [0.15, 0.2) is 0 Å². The molecule has 1 saturated heterocycles. The maximum atomic E-state index is 10.0. The van der Waals surface area contributed by atoms with Crippen molar-refractivity contribution < 1.29 is 9.84 Å². The zero-order chi connectivity index (χ0) is 18.6. The molecule has 2 N–H and O–H groups in total. The van der Waals surface area contributed by atoms with Gasteiger partial charge in [0, 0.05) is 42.7 Å². The number of benzene rings is 1. The standard InChI is InChI=1S/C22H31N3O2/c1-24-19-11-16(27-2)5-6-17(19)20-21(24)18(13-26)23-14-22(20)7-9-25(10-8-22)12-15-3-4-15/h5-6,11,15,18,23,26H,3-4,7-10,12-14H2,1-2H3/t18-/m0/s1. The Labute approximate surface area is 161 Å². The summed E-state index contributed by atoms with van der Waals surface area (Å²) in [5.41, 5.74) is 4.13. The smallest absolute Gasteiger partial charge is 0.120 e. The first-order valence-electron chi connectivity index (χ1n) is 10.4. The molecule has 3 heterocycles. The topological polar surface area (TPSA) is 49.7 Å². The number of methoxy groups -OCH3 is 1. The molecule has 0 amide bonds. The molecule has 1 spiro atoms. The van der Waals surface area contributed by atoms with Crippen LogP contribution in [0, 0.1) is 5.92 Å². The molecule has 2 aromatic rings. The predicted octanol–water partition coefficient (Wildman–Crippen LogP) is 2.57. The molecule has 1 atom stereocenters. The van der Waals surface area contributed by atoms with Crippen LogP contribution in [0.5, 0.6) is 5.75 Å². The molecular weight excluding hydrogens is 338 g/mol. The van der Waals surface area contributed by atoms with E-state index in [1.807, 2.05) is 0 Å². The molecule has 0 unspecified atom stereocenters. The van der Waals surface area contributed by atoms with Gasteiger partial charge < -0.3 is 24.6 Å². The van der Waals surface area contributed by atoms with E-state index in [4.69, 9.17) is 4.74 Å². The Morgan fingerprint density at radius 1 is 1.26 bits per heavy atom. The van der Waals surface area contributed by atoms with Gasteiger partial charge in [0.2, 0.25) is 0 Å². The number of piperidine rings is 1. The van der Waals surface area contributed by atoms with E-state index in [-0.39, 0.29) is 18.1 Å². The van der Waals surface area contributed by atoms with Crippen molar-refractivity contribution in [2.75, 3.05) is 39.9 Å². The van der Waals surface area contributed by atoms with E-state index >= 15 is 0 Å². The maximum absolute atomic E-state index is 10.0. The van der Waals surface area contributed by atoms with Gasteiger partial charge >= 0.3 is 0 Å². The van der Waals surface area contributed by atoms with Crippen molar-refractivity contribution in [3.8, 4) is 5.75 Å². The highest BCUT2D eigenvalue weighted by Gasteiger charge is 2.45. The lowest BCUT2D eigenvalue weighted by molar-refractivity contribution is 0.132. The van der Waals surface area contributed by atoms with Gasteiger partial charge in [-0.2, -0.15) is 0 Å². The molecule has 0 radical (unpaired) electrons. The van der Waals surface area contributed by atoms with Crippen molar-refractivity contribution in [2.24, 2.45) is 13.0 Å². The number of aliphatic hydroxyl groups excluding tert-OH is 1. The van der Waals surface area contributed by atoms with Crippen molar-refractivity contribution in [3.63, 3.8) is 0 Å². The lowest BCUT2D eigenvalue weighted by Crippen LogP contribution is -2.52. The zero-order valence-corrected chi connectivity index (χ0v) is 16.5. The van der Waals surface area contributed by atoms with E-state index in [9.17, 15) is 5.11 Å². The van der Waals surface area contributed by atoms with E-state index < -0.39 is 0 Å². The quantitative estimate of drug-likeness (QED) is 0.870. The van der Waals surface area contributed by atoms with E-state index in [0.717, 1.165) is 18.2 Å². The predicted molar refractivity (Wildman–Crippen MR) is 107 cm³/mol. The molecule has 1 aromatic carbocycles. The number of hydrogen-bond donors (Lipinski definition) is 2. The van der Waals surface area contributed by atoms with Crippen molar-refractivity contribution in [1.82, 2.24) is 14.8 Å². The van der Waals surface area contributed by atoms with Gasteiger partial charge in [-0.1, -0.05) is 0 Å². The third-order valence-corrected chi connectivity index (χ3v) is 7.21. The first kappa shape index (κ1) is 17.5. The fourth-order valence-corrected chi connectivity index (χ4v) is 5.44. The average Bonchev–Trinajstić information content (AvgIpc) is 3.47. The number of ether oxygens (including phenoxy) is 1. The van der Waals surface area contributed by atoms with Gasteiger partial charge in [0.05, 0.1) is 25.3 Å². The molecule has 2 aliphatic heterocycles. The first-order valence-corrected chi connectivity index (χ1v) is 10.4. The molecule has 2 fully saturated rings. The van der Waals surface area contributed by atoms with Crippen LogP contribution < -0.4 is 10.1 Å². The number of aliphatic hydroxyl groups is 1. The van der Waals surface area contributed by atoms with Crippen molar-refractivity contribution >= 4 is 10.9 Å². The van der Waals surface area contributed by atoms with Crippen LogP contribution in [0.25, 0.3) is 10.9 Å². The van der Waals surface area contributed by atoms with E-state index in [2.05, 4.69) is 40.0 Å². The molecule has 27 heavy (non-hydrogen) atoms. The van der Waals surface area contributed by atoms with Gasteiger partial charge in [0.1, 0.15) is 5.75 Å². The Morgan fingerprint density at radius 3 is 2.70 bits per heavy atom. The number of likely N-dealkylation sites (tertiary alicyclic amines) is 1. The van der Waals surface area contributed by atoms with E-state index in [1.165, 1.54) is 67.5 Å². The highest BCUT2D eigenvalue weighted by Crippen LogP contribution is 2.47. The van der Waals surface area contributed by atoms with Crippen molar-refractivity contribution in [3.05, 3.63) is 29.5 Å². The molecule has 0 bridgehead atoms. The Bertz CT molecular complexity index is 847. The summed E-state index contributed by atoms with van der Waals surface area (Å²) in [6.07, 6.45) is 5.25. The van der Waals surface area contributed by atoms with Crippen LogP contribution in [-0.2, 0) is 12.5 Å². The third-order valence-electron chi connectivity index (χ3n) is 7.21. The summed E-state index contributed by atoms with van der Waals surface area (Å²) in [7, 11) is 3.85. The Balaban J connectivity index is 1.57. The minimum absolute atomic E-state index is 0.0125. The minimum atomic E-state index is 0.0125. The molecule has 3 aliphatic rings. The second-order valence-corrected chi connectivity index (χ2v) is 8.84. The van der Waals surface area contributed by atoms with Crippen LogP contribution in [0.2, 0.25) is 0 Å². The highest BCUT2D eigenvalue weighted by atomic mass is 16.5. The number of aryl methyl sites for hydroxylation is 1. The summed E-state index contributed by atoms with van der Waals surface area (Å²) < 4.78 is 7.75. The zero-order valence-electron chi connectivity index (χ0n) is 16.5. The second kappa shape index (κ2) is 6.50. The molecular formula is C22H31N3O2. The molecule has 1 aromatic heterocycles. The summed E-state index contributed by atoms with van der Waals surface area (Å²) in [5.74, 6) is 1.85. The number of fused-ring (bicyclic) bond motifs is 4. The number of hydrogen-bond acceptors (Lipinski definition) is 4. The molecule has 1 aliphatic carbocycles. The third kappa shape index (κ3) is 2.79.